The van der Waals surface area contributed by atoms with Crippen LogP contribution in [0, 0.1) is 0 Å². The zero-order chi connectivity index (χ0) is 11.7. The van der Waals surface area contributed by atoms with Gasteiger partial charge in [0, 0.05) is 10.4 Å². The van der Waals surface area contributed by atoms with Gasteiger partial charge in [-0.1, -0.05) is 0 Å². The van der Waals surface area contributed by atoms with Gasteiger partial charge in [0.1, 0.15) is 0 Å². The van der Waals surface area contributed by atoms with Crippen molar-refractivity contribution in [2.75, 3.05) is 0 Å². The molecule has 13 heteroatoms. The Bertz CT molecular complexity index is 205. The van der Waals surface area contributed by atoms with Gasteiger partial charge in [-0.15, -0.1) is 22.7 Å². The molecule has 0 aromatic carbocycles. The Labute approximate surface area is 77.8 Å². The molecule has 0 fully saturated rings. The molecule has 0 aliphatic carbocycles. The van der Waals surface area contributed by atoms with Crippen molar-refractivity contribution < 1.29 is 44.2 Å². The number of hydrogen-bond acceptors (Lipinski definition) is 10. The summed E-state index contributed by atoms with van der Waals surface area (Å²) in [7, 11) is -5.17. The summed E-state index contributed by atoms with van der Waals surface area (Å²) in [5.74, 6) is 0. The van der Waals surface area contributed by atoms with E-state index >= 15 is 0 Å². The van der Waals surface area contributed by atoms with Gasteiger partial charge in [0.2, 0.25) is 0 Å². The lowest BCUT2D eigenvalue weighted by atomic mass is 15.8. The molecule has 0 aromatic rings. The lowest BCUT2D eigenvalue weighted by Gasteiger charge is -2.06. The minimum absolute atomic E-state index is 3.11. The van der Waals surface area contributed by atoms with Crippen molar-refractivity contribution in [2.45, 2.75) is 0 Å². The maximum absolute atomic E-state index is 8.52. The molecule has 0 aliphatic heterocycles. The minimum Gasteiger partial charge on any atom is -0.784 e. The Kier molecular flexibility index (Phi) is 14.5. The van der Waals surface area contributed by atoms with Crippen molar-refractivity contribution >= 4 is 33.1 Å². The van der Waals surface area contributed by atoms with E-state index in [0.717, 1.165) is 0 Å². The van der Waals surface area contributed by atoms with Crippen LogP contribution >= 0.6 is 0 Å². The molecule has 13 heavy (non-hydrogen) atoms. The van der Waals surface area contributed by atoms with Crippen LogP contribution in [0.4, 0.5) is 0 Å². The van der Waals surface area contributed by atoms with Crippen LogP contribution < -0.4 is 0 Å². The second-order valence-corrected chi connectivity index (χ2v) is 2.45. The highest BCUT2D eigenvalue weighted by Crippen LogP contribution is 1.57. The molecular weight excluding hydrogens is 256 g/mol. The molecule has 0 heterocycles. The molecule has 0 rings (SSSR count). The van der Waals surface area contributed by atoms with Crippen molar-refractivity contribution in [3.63, 3.8) is 0 Å². The average molecular weight is 256 g/mol. The lowest BCUT2D eigenvalue weighted by Crippen LogP contribution is -1.91. The normalized spacial score (nSPS) is 9.85. The molecular formula is O10S3-6. The average Bonchev–Trinajstić information content (AvgIpc) is 1.50. The first-order valence-corrected chi connectivity index (χ1v) is 5.00. The van der Waals surface area contributed by atoms with Crippen LogP contribution in [0.15, 0.2) is 0 Å². The number of hydrogen-bond donors (Lipinski definition) is 0. The molecule has 0 spiro atoms. The summed E-state index contributed by atoms with van der Waals surface area (Å²) in [6, 6.07) is 0. The van der Waals surface area contributed by atoms with Crippen LogP contribution in [0.1, 0.15) is 0 Å². The predicted octanol–water partition coefficient (Wildman–Crippen LogP) is -3.35. The van der Waals surface area contributed by atoms with Crippen LogP contribution in [-0.2, 0) is 33.1 Å². The fourth-order valence-corrected chi connectivity index (χ4v) is 0. The van der Waals surface area contributed by atoms with Gasteiger partial charge in [0.15, 0.2) is 0 Å². The highest BCUT2D eigenvalue weighted by molar-refractivity contribution is 7.79. The summed E-state index contributed by atoms with van der Waals surface area (Å²) >= 11 is -6.22. The fraction of sp³-hybridized carbons (Fsp3) is 0. The fourth-order valence-electron chi connectivity index (χ4n) is 0. The molecule has 0 unspecified atom stereocenters. The first-order valence-electron chi connectivity index (χ1n) is 1.67. The first kappa shape index (κ1) is 18.7. The van der Waals surface area contributed by atoms with Crippen molar-refractivity contribution in [1.29, 1.82) is 0 Å². The standard InChI is InChI=1S/H2O4S.2H2O3S/c1-5(2,3)4;2*1-4(2)3/h(H2,1,2,3,4);2*(H2,1,2,3)/p-6. The van der Waals surface area contributed by atoms with Gasteiger partial charge in [-0.25, -0.2) is 0 Å². The molecule has 10 nitrogen and oxygen atoms in total. The molecule has 0 saturated heterocycles. The van der Waals surface area contributed by atoms with Crippen LogP contribution in [0.5, 0.6) is 0 Å². The summed E-state index contributed by atoms with van der Waals surface area (Å²) in [4.78, 5) is 0. The van der Waals surface area contributed by atoms with E-state index < -0.39 is 33.1 Å². The van der Waals surface area contributed by atoms with E-state index in [9.17, 15) is 0 Å². The molecule has 0 radical (unpaired) electrons. The van der Waals surface area contributed by atoms with Crippen LogP contribution in [0.3, 0.4) is 0 Å². The summed E-state index contributed by atoms with van der Waals surface area (Å²) < 4.78 is 84.8. The zero-order valence-corrected chi connectivity index (χ0v) is 7.76. The zero-order valence-electron chi connectivity index (χ0n) is 5.31. The Morgan fingerprint density at radius 2 is 0.769 bits per heavy atom. The first-order chi connectivity index (χ1) is 5.46. The molecule has 0 N–H and O–H groups in total. The third-order valence-electron chi connectivity index (χ3n) is 0. The van der Waals surface area contributed by atoms with Crippen molar-refractivity contribution in [3.05, 3.63) is 0 Å². The Morgan fingerprint density at radius 1 is 0.769 bits per heavy atom. The van der Waals surface area contributed by atoms with Gasteiger partial charge in [0.05, 0.1) is 0 Å². The summed E-state index contributed by atoms with van der Waals surface area (Å²) in [5, 5.41) is 0. The Hall–Kier alpha value is 0.01000. The molecule has 0 aliphatic rings. The molecule has 0 bridgehead atoms. The maximum Gasteiger partial charge on any atom is 0.0311 e. The van der Waals surface area contributed by atoms with Gasteiger partial charge >= 0.3 is 0 Å². The van der Waals surface area contributed by atoms with E-state index in [2.05, 4.69) is 0 Å². The number of rotatable bonds is 0. The van der Waals surface area contributed by atoms with E-state index in [-0.39, 0.29) is 0 Å². The summed E-state index contributed by atoms with van der Waals surface area (Å²) in [6.45, 7) is 0. The van der Waals surface area contributed by atoms with E-state index in [1.165, 1.54) is 0 Å². The van der Waals surface area contributed by atoms with E-state index in [1.54, 1.807) is 0 Å². The topological polar surface area (TPSA) is 207 Å². The summed E-state index contributed by atoms with van der Waals surface area (Å²) in [6.07, 6.45) is 0. The highest BCUT2D eigenvalue weighted by Gasteiger charge is 1.49. The third kappa shape index (κ3) is 12000000. The largest absolute Gasteiger partial charge is 0.784 e. The predicted molar refractivity (Wildman–Crippen MR) is 29.9 cm³/mol. The second-order valence-electron chi connectivity index (χ2n) is 0.816. The van der Waals surface area contributed by atoms with E-state index in [1.807, 2.05) is 0 Å². The van der Waals surface area contributed by atoms with E-state index in [4.69, 9.17) is 44.2 Å². The molecule has 0 saturated carbocycles. The minimum atomic E-state index is -5.17. The SMILES string of the molecule is O=S(=O)([O-])[O-].O=S([O-])[O-].O=S([O-])[O-]. The van der Waals surface area contributed by atoms with Crippen LogP contribution in [0.25, 0.3) is 0 Å². The lowest BCUT2D eigenvalue weighted by molar-refractivity contribution is 0.352. The Balaban J connectivity index is -0.000000117. The maximum atomic E-state index is 8.52. The summed E-state index contributed by atoms with van der Waals surface area (Å²) in [5.41, 5.74) is 0. The van der Waals surface area contributed by atoms with Gasteiger partial charge in [-0.3, -0.25) is 16.8 Å². The van der Waals surface area contributed by atoms with Crippen molar-refractivity contribution in [3.8, 4) is 0 Å². The van der Waals surface area contributed by atoms with Gasteiger partial charge in [-0.2, -0.15) is 0 Å². The van der Waals surface area contributed by atoms with Crippen LogP contribution in [0.2, 0.25) is 0 Å². The van der Waals surface area contributed by atoms with Gasteiger partial charge in [-0.05, 0) is 0 Å². The highest BCUT2D eigenvalue weighted by atomic mass is 32.3. The monoisotopic (exact) mass is 256 g/mol. The van der Waals surface area contributed by atoms with Crippen LogP contribution in [-0.4, -0.2) is 44.2 Å². The quantitative estimate of drug-likeness (QED) is 0.239. The second kappa shape index (κ2) is 10.1. The molecule has 0 aromatic heterocycles. The Morgan fingerprint density at radius 3 is 0.769 bits per heavy atom. The van der Waals surface area contributed by atoms with E-state index in [0.29, 0.717) is 0 Å². The van der Waals surface area contributed by atoms with Crippen molar-refractivity contribution in [1.82, 2.24) is 0 Å². The van der Waals surface area contributed by atoms with Crippen molar-refractivity contribution in [2.24, 2.45) is 0 Å². The molecule has 0 amide bonds. The molecule has 0 atom stereocenters. The van der Waals surface area contributed by atoms with Gasteiger partial charge in [0.25, 0.3) is 0 Å². The third-order valence-corrected chi connectivity index (χ3v) is 0. The molecule has 84 valence electrons. The van der Waals surface area contributed by atoms with Gasteiger partial charge < -0.3 is 27.3 Å². The smallest absolute Gasteiger partial charge is 0.0311 e.